The summed E-state index contributed by atoms with van der Waals surface area (Å²) in [4.78, 5) is 3.55. The first kappa shape index (κ1) is 13.4. The van der Waals surface area contributed by atoms with Gasteiger partial charge in [-0.05, 0) is 11.8 Å². The highest BCUT2D eigenvalue weighted by atomic mass is 32.1. The zero-order valence-electron chi connectivity index (χ0n) is 9.30. The second kappa shape index (κ2) is 4.33. The van der Waals surface area contributed by atoms with E-state index in [0.29, 0.717) is 17.8 Å². The van der Waals surface area contributed by atoms with Gasteiger partial charge in [0.15, 0.2) is 5.01 Å². The van der Waals surface area contributed by atoms with Gasteiger partial charge in [0, 0.05) is 6.20 Å². The van der Waals surface area contributed by atoms with Crippen LogP contribution in [0.2, 0.25) is 0 Å². The van der Waals surface area contributed by atoms with E-state index in [1.165, 1.54) is 0 Å². The number of aliphatic hydroxyl groups is 1. The molecule has 0 amide bonds. The van der Waals surface area contributed by atoms with Crippen LogP contribution in [0, 0.1) is 5.41 Å². The molecule has 16 heavy (non-hydrogen) atoms. The summed E-state index contributed by atoms with van der Waals surface area (Å²) in [7, 11) is 0. The maximum Gasteiger partial charge on any atom is 0.443 e. The summed E-state index contributed by atoms with van der Waals surface area (Å²) in [6.45, 7) is 5.50. The fourth-order valence-corrected chi connectivity index (χ4v) is 2.10. The van der Waals surface area contributed by atoms with E-state index in [4.69, 9.17) is 0 Å². The van der Waals surface area contributed by atoms with Gasteiger partial charge >= 0.3 is 6.18 Å². The Balaban J connectivity index is 2.95. The van der Waals surface area contributed by atoms with Gasteiger partial charge in [-0.15, -0.1) is 11.3 Å². The highest BCUT2D eigenvalue weighted by Crippen LogP contribution is 2.41. The number of rotatable bonds is 3. The molecule has 1 aromatic heterocycles. The quantitative estimate of drug-likeness (QED) is 0.892. The van der Waals surface area contributed by atoms with Crippen molar-refractivity contribution >= 4 is 11.3 Å². The predicted octanol–water partition coefficient (Wildman–Crippen LogP) is 3.63. The van der Waals surface area contributed by atoms with Crippen LogP contribution in [0.25, 0.3) is 0 Å². The second-order valence-electron chi connectivity index (χ2n) is 4.31. The third kappa shape index (κ3) is 2.74. The van der Waals surface area contributed by atoms with Gasteiger partial charge < -0.3 is 5.11 Å². The number of aromatic nitrogens is 1. The van der Waals surface area contributed by atoms with Crippen molar-refractivity contribution in [2.24, 2.45) is 5.41 Å². The van der Waals surface area contributed by atoms with Gasteiger partial charge in [0.1, 0.15) is 0 Å². The van der Waals surface area contributed by atoms with E-state index in [-0.39, 0.29) is 4.88 Å². The Bertz CT molecular complexity index is 359. The highest BCUT2D eigenvalue weighted by molar-refractivity contribution is 7.11. The van der Waals surface area contributed by atoms with E-state index in [2.05, 4.69) is 4.98 Å². The van der Waals surface area contributed by atoms with Gasteiger partial charge in [0.25, 0.3) is 0 Å². The lowest BCUT2D eigenvalue weighted by atomic mass is 9.83. The van der Waals surface area contributed by atoms with Crippen molar-refractivity contribution in [1.82, 2.24) is 4.98 Å². The molecule has 1 rings (SSSR count). The van der Waals surface area contributed by atoms with Crippen LogP contribution >= 0.6 is 11.3 Å². The summed E-state index contributed by atoms with van der Waals surface area (Å²) in [5.74, 6) is 0. The molecule has 0 aliphatic heterocycles. The fraction of sp³-hybridized carbons (Fsp3) is 0.700. The monoisotopic (exact) mass is 253 g/mol. The Labute approximate surface area is 96.1 Å². The number of aliphatic hydroxyl groups excluding tert-OH is 1. The molecule has 2 nitrogen and oxygen atoms in total. The molecule has 1 N–H and O–H groups in total. The molecule has 92 valence electrons. The van der Waals surface area contributed by atoms with Crippen LogP contribution in [0.1, 0.15) is 43.2 Å². The number of halogens is 3. The topological polar surface area (TPSA) is 33.1 Å². The van der Waals surface area contributed by atoms with Gasteiger partial charge in [0.05, 0.1) is 11.0 Å². The highest BCUT2D eigenvalue weighted by Gasteiger charge is 2.37. The Kier molecular flexibility index (Phi) is 3.64. The summed E-state index contributed by atoms with van der Waals surface area (Å²) in [6, 6.07) is 0. The van der Waals surface area contributed by atoms with Crippen molar-refractivity contribution in [3.05, 3.63) is 16.1 Å². The first-order valence-corrected chi connectivity index (χ1v) is 5.71. The lowest BCUT2D eigenvalue weighted by Crippen LogP contribution is -2.20. The molecule has 0 spiro atoms. The van der Waals surface area contributed by atoms with Gasteiger partial charge in [-0.1, -0.05) is 20.8 Å². The summed E-state index contributed by atoms with van der Waals surface area (Å²) < 4.78 is 36.9. The molecule has 1 unspecified atom stereocenters. The van der Waals surface area contributed by atoms with Crippen molar-refractivity contribution in [2.45, 2.75) is 39.5 Å². The first-order chi connectivity index (χ1) is 7.18. The molecular weight excluding hydrogens is 239 g/mol. The smallest absolute Gasteiger partial charge is 0.387 e. The molecule has 0 aliphatic rings. The maximum absolute atomic E-state index is 12.3. The van der Waals surface area contributed by atoms with Crippen LogP contribution < -0.4 is 0 Å². The zero-order chi connectivity index (χ0) is 12.6. The lowest BCUT2D eigenvalue weighted by molar-refractivity contribution is -0.137. The standard InChI is InChI=1S/C10H14F3NOS/c1-4-9(2,3)7(15)6-5-14-8(16-6)10(11,12)13/h5,7,15H,4H2,1-3H3. The van der Waals surface area contributed by atoms with Gasteiger partial charge in [0.2, 0.25) is 0 Å². The van der Waals surface area contributed by atoms with Crippen molar-refractivity contribution < 1.29 is 18.3 Å². The van der Waals surface area contributed by atoms with Crippen LogP contribution in [0.4, 0.5) is 13.2 Å². The van der Waals surface area contributed by atoms with E-state index in [9.17, 15) is 18.3 Å². The SMILES string of the molecule is CCC(C)(C)C(O)c1cnc(C(F)(F)F)s1. The Morgan fingerprint density at radius 1 is 1.44 bits per heavy atom. The summed E-state index contributed by atoms with van der Waals surface area (Å²) >= 11 is 0.504. The molecular formula is C10H14F3NOS. The Morgan fingerprint density at radius 3 is 2.38 bits per heavy atom. The Morgan fingerprint density at radius 2 is 2.00 bits per heavy atom. The normalized spacial score (nSPS) is 15.2. The molecule has 0 aromatic carbocycles. The van der Waals surface area contributed by atoms with Crippen molar-refractivity contribution in [1.29, 1.82) is 0 Å². The van der Waals surface area contributed by atoms with Crippen LogP contribution in [-0.4, -0.2) is 10.1 Å². The van der Waals surface area contributed by atoms with Crippen molar-refractivity contribution in [2.75, 3.05) is 0 Å². The number of hydrogen-bond acceptors (Lipinski definition) is 3. The molecule has 0 radical (unpaired) electrons. The van der Waals surface area contributed by atoms with Gasteiger partial charge in [-0.3, -0.25) is 0 Å². The van der Waals surface area contributed by atoms with Gasteiger partial charge in [-0.25, -0.2) is 4.98 Å². The van der Waals surface area contributed by atoms with Crippen LogP contribution in [0.5, 0.6) is 0 Å². The number of alkyl halides is 3. The molecule has 0 bridgehead atoms. The van der Waals surface area contributed by atoms with Crippen molar-refractivity contribution in [3.8, 4) is 0 Å². The molecule has 0 fully saturated rings. The molecule has 0 saturated heterocycles. The molecule has 1 heterocycles. The molecule has 6 heteroatoms. The third-order valence-electron chi connectivity index (χ3n) is 2.69. The van der Waals surface area contributed by atoms with Crippen molar-refractivity contribution in [3.63, 3.8) is 0 Å². The minimum Gasteiger partial charge on any atom is -0.387 e. The number of thiazole rings is 1. The summed E-state index contributed by atoms with van der Waals surface area (Å²) in [6.07, 6.45) is -3.56. The number of hydrogen-bond donors (Lipinski definition) is 1. The fourth-order valence-electron chi connectivity index (χ4n) is 1.12. The van der Waals surface area contributed by atoms with Crippen LogP contribution in [-0.2, 0) is 6.18 Å². The van der Waals surface area contributed by atoms with E-state index < -0.39 is 22.7 Å². The maximum atomic E-state index is 12.3. The van der Waals surface area contributed by atoms with Gasteiger partial charge in [-0.2, -0.15) is 13.2 Å². The third-order valence-corrected chi connectivity index (χ3v) is 3.78. The lowest BCUT2D eigenvalue weighted by Gasteiger charge is -2.27. The van der Waals surface area contributed by atoms with E-state index in [1.54, 1.807) is 0 Å². The molecule has 0 aliphatic carbocycles. The number of nitrogens with zero attached hydrogens (tertiary/aromatic N) is 1. The van der Waals surface area contributed by atoms with E-state index >= 15 is 0 Å². The van der Waals surface area contributed by atoms with E-state index in [0.717, 1.165) is 6.20 Å². The first-order valence-electron chi connectivity index (χ1n) is 4.89. The van der Waals surface area contributed by atoms with Crippen LogP contribution in [0.15, 0.2) is 6.20 Å². The van der Waals surface area contributed by atoms with Crippen LogP contribution in [0.3, 0.4) is 0 Å². The average molecular weight is 253 g/mol. The minimum atomic E-state index is -4.43. The predicted molar refractivity (Wildman–Crippen MR) is 56.1 cm³/mol. The minimum absolute atomic E-state index is 0.263. The summed E-state index contributed by atoms with van der Waals surface area (Å²) in [5, 5.41) is 9.02. The second-order valence-corrected chi connectivity index (χ2v) is 5.37. The Hall–Kier alpha value is -0.620. The summed E-state index contributed by atoms with van der Waals surface area (Å²) in [5.41, 5.74) is -0.449. The zero-order valence-corrected chi connectivity index (χ0v) is 10.1. The van der Waals surface area contributed by atoms with E-state index in [1.807, 2.05) is 20.8 Å². The largest absolute Gasteiger partial charge is 0.443 e. The molecule has 0 saturated carbocycles. The average Bonchev–Trinajstić information content (AvgIpc) is 2.64. The molecule has 1 atom stereocenters. The molecule has 1 aromatic rings.